The number of rotatable bonds is 3. The van der Waals surface area contributed by atoms with Crippen molar-refractivity contribution < 1.29 is 19.0 Å². The molecule has 4 nitrogen and oxygen atoms in total. The van der Waals surface area contributed by atoms with Crippen LogP contribution in [0.25, 0.3) is 22.5 Å². The Morgan fingerprint density at radius 3 is 1.83 bits per heavy atom. The Bertz CT molecular complexity index is 819. The molecule has 0 atom stereocenters. The van der Waals surface area contributed by atoms with Crippen LogP contribution in [-0.4, -0.2) is 20.2 Å². The van der Waals surface area contributed by atoms with Crippen molar-refractivity contribution in [3.05, 3.63) is 60.4 Å². The van der Waals surface area contributed by atoms with Gasteiger partial charge in [-0.3, -0.25) is 4.98 Å². The highest BCUT2D eigenvalue weighted by molar-refractivity contribution is 5.66. The van der Waals surface area contributed by atoms with Gasteiger partial charge in [0, 0.05) is 11.1 Å². The van der Waals surface area contributed by atoms with Crippen molar-refractivity contribution in [1.29, 1.82) is 0 Å². The molecule has 0 saturated heterocycles. The lowest BCUT2D eigenvalue weighted by Crippen LogP contribution is -2.00. The molecular formula is C17H12F2N2O2. The zero-order valence-electron chi connectivity index (χ0n) is 11.8. The molecule has 3 aromatic rings. The first-order valence-corrected chi connectivity index (χ1v) is 6.78. The summed E-state index contributed by atoms with van der Waals surface area (Å²) >= 11 is 0. The van der Waals surface area contributed by atoms with Crippen molar-refractivity contribution in [2.45, 2.75) is 6.43 Å². The molecule has 0 saturated carbocycles. The summed E-state index contributed by atoms with van der Waals surface area (Å²) in [6.45, 7) is 0. The molecule has 6 heteroatoms. The van der Waals surface area contributed by atoms with Gasteiger partial charge in [-0.25, -0.2) is 13.8 Å². The van der Waals surface area contributed by atoms with Gasteiger partial charge in [-0.05, 0) is 48.5 Å². The first-order chi connectivity index (χ1) is 11.0. The second kappa shape index (κ2) is 6.00. The largest absolute Gasteiger partial charge is 0.508 e. The minimum Gasteiger partial charge on any atom is -0.508 e. The number of aromatic hydroxyl groups is 2. The highest BCUT2D eigenvalue weighted by Gasteiger charge is 2.19. The van der Waals surface area contributed by atoms with Gasteiger partial charge in [-0.1, -0.05) is 0 Å². The Kier molecular flexibility index (Phi) is 3.89. The molecular weight excluding hydrogens is 302 g/mol. The Balaban J connectivity index is 2.08. The summed E-state index contributed by atoms with van der Waals surface area (Å²) < 4.78 is 26.7. The summed E-state index contributed by atoms with van der Waals surface area (Å²) in [5.41, 5.74) is 0.962. The number of hydrogen-bond acceptors (Lipinski definition) is 4. The fourth-order valence-electron chi connectivity index (χ4n) is 2.17. The Morgan fingerprint density at radius 2 is 1.30 bits per heavy atom. The molecule has 2 N–H and O–H groups in total. The molecule has 0 radical (unpaired) electrons. The molecule has 0 fully saturated rings. The number of phenols is 2. The Hall–Kier alpha value is -3.02. The lowest BCUT2D eigenvalue weighted by Gasteiger charge is -2.10. The van der Waals surface area contributed by atoms with Gasteiger partial charge in [-0.15, -0.1) is 0 Å². The second-order valence-electron chi connectivity index (χ2n) is 4.88. The maximum absolute atomic E-state index is 13.4. The highest BCUT2D eigenvalue weighted by atomic mass is 19.3. The van der Waals surface area contributed by atoms with Crippen LogP contribution in [0.4, 0.5) is 8.78 Å². The van der Waals surface area contributed by atoms with E-state index >= 15 is 0 Å². The van der Waals surface area contributed by atoms with Crippen molar-refractivity contribution in [2.75, 3.05) is 0 Å². The van der Waals surface area contributed by atoms with Crippen molar-refractivity contribution in [2.24, 2.45) is 0 Å². The van der Waals surface area contributed by atoms with E-state index in [9.17, 15) is 19.0 Å². The molecule has 0 aliphatic heterocycles. The topological polar surface area (TPSA) is 66.2 Å². The predicted molar refractivity (Wildman–Crippen MR) is 81.2 cm³/mol. The molecule has 0 spiro atoms. The van der Waals surface area contributed by atoms with Crippen molar-refractivity contribution in [1.82, 2.24) is 9.97 Å². The third kappa shape index (κ3) is 3.11. The van der Waals surface area contributed by atoms with E-state index in [0.717, 1.165) is 0 Å². The second-order valence-corrected chi connectivity index (χ2v) is 4.88. The van der Waals surface area contributed by atoms with E-state index in [-0.39, 0.29) is 17.2 Å². The van der Waals surface area contributed by atoms with E-state index in [1.807, 2.05) is 0 Å². The van der Waals surface area contributed by atoms with Crippen LogP contribution >= 0.6 is 0 Å². The number of hydrogen-bond donors (Lipinski definition) is 2. The van der Waals surface area contributed by atoms with E-state index in [4.69, 9.17) is 0 Å². The number of halogens is 2. The Labute approximate surface area is 130 Å². The lowest BCUT2D eigenvalue weighted by atomic mass is 10.1. The summed E-state index contributed by atoms with van der Waals surface area (Å²) in [5.74, 6) is 0.123. The zero-order chi connectivity index (χ0) is 16.4. The van der Waals surface area contributed by atoms with Crippen molar-refractivity contribution in [3.63, 3.8) is 0 Å². The first-order valence-electron chi connectivity index (χ1n) is 6.78. The molecule has 0 amide bonds. The van der Waals surface area contributed by atoms with E-state index in [1.54, 1.807) is 12.1 Å². The lowest BCUT2D eigenvalue weighted by molar-refractivity contribution is 0.146. The van der Waals surface area contributed by atoms with Crippen LogP contribution in [0.1, 0.15) is 12.1 Å². The molecule has 0 unspecified atom stereocenters. The monoisotopic (exact) mass is 314 g/mol. The van der Waals surface area contributed by atoms with Gasteiger partial charge < -0.3 is 10.2 Å². The number of aromatic nitrogens is 2. The third-order valence-corrected chi connectivity index (χ3v) is 3.31. The van der Waals surface area contributed by atoms with E-state index in [1.165, 1.54) is 42.6 Å². The molecule has 2 aromatic carbocycles. The fourth-order valence-corrected chi connectivity index (χ4v) is 2.17. The molecule has 23 heavy (non-hydrogen) atoms. The van der Waals surface area contributed by atoms with Crippen LogP contribution in [0.3, 0.4) is 0 Å². The van der Waals surface area contributed by atoms with Crippen molar-refractivity contribution in [3.8, 4) is 34.0 Å². The maximum Gasteiger partial charge on any atom is 0.282 e. The predicted octanol–water partition coefficient (Wildman–Crippen LogP) is 4.16. The van der Waals surface area contributed by atoms with Gasteiger partial charge >= 0.3 is 0 Å². The van der Waals surface area contributed by atoms with Crippen LogP contribution in [-0.2, 0) is 0 Å². The summed E-state index contributed by atoms with van der Waals surface area (Å²) in [6, 6.07) is 11.9. The molecule has 3 rings (SSSR count). The summed E-state index contributed by atoms with van der Waals surface area (Å²) in [4.78, 5) is 8.13. The van der Waals surface area contributed by atoms with Gasteiger partial charge in [0.15, 0.2) is 0 Å². The van der Waals surface area contributed by atoms with Crippen LogP contribution in [0.15, 0.2) is 54.7 Å². The molecule has 1 heterocycles. The average molecular weight is 314 g/mol. The average Bonchev–Trinajstić information content (AvgIpc) is 2.56. The Morgan fingerprint density at radius 1 is 0.783 bits per heavy atom. The summed E-state index contributed by atoms with van der Waals surface area (Å²) in [6.07, 6.45) is -1.39. The van der Waals surface area contributed by atoms with Gasteiger partial charge in [0.2, 0.25) is 0 Å². The van der Waals surface area contributed by atoms with E-state index in [2.05, 4.69) is 9.97 Å². The van der Waals surface area contributed by atoms with E-state index < -0.39 is 12.1 Å². The maximum atomic E-state index is 13.4. The van der Waals surface area contributed by atoms with Gasteiger partial charge in [-0.2, -0.15) is 0 Å². The number of benzene rings is 2. The van der Waals surface area contributed by atoms with Crippen LogP contribution in [0, 0.1) is 0 Å². The minimum absolute atomic E-state index is 0.0426. The van der Waals surface area contributed by atoms with Crippen LogP contribution in [0.2, 0.25) is 0 Å². The quantitative estimate of drug-likeness (QED) is 0.762. The molecule has 0 aliphatic carbocycles. The summed E-state index contributed by atoms with van der Waals surface area (Å²) in [5, 5.41) is 18.6. The third-order valence-electron chi connectivity index (χ3n) is 3.31. The normalized spacial score (nSPS) is 10.9. The number of alkyl halides is 2. The molecule has 116 valence electrons. The number of nitrogens with zero attached hydrogens (tertiary/aromatic N) is 2. The number of phenolic OH excluding ortho intramolecular Hbond substituents is 2. The molecule has 1 aromatic heterocycles. The highest BCUT2D eigenvalue weighted by Crippen LogP contribution is 2.31. The first kappa shape index (κ1) is 14.9. The van der Waals surface area contributed by atoms with Crippen LogP contribution < -0.4 is 0 Å². The molecule has 0 aliphatic rings. The van der Waals surface area contributed by atoms with Gasteiger partial charge in [0.05, 0.1) is 17.6 Å². The SMILES string of the molecule is Oc1ccc(-c2cnc(-c3ccc(O)cc3)c(C(F)F)n2)cc1. The van der Waals surface area contributed by atoms with Crippen molar-refractivity contribution >= 4 is 0 Å². The minimum atomic E-state index is -2.79. The summed E-state index contributed by atoms with van der Waals surface area (Å²) in [7, 11) is 0. The van der Waals surface area contributed by atoms with Gasteiger partial charge in [0.1, 0.15) is 17.2 Å². The van der Waals surface area contributed by atoms with E-state index in [0.29, 0.717) is 16.8 Å². The molecule has 0 bridgehead atoms. The smallest absolute Gasteiger partial charge is 0.282 e. The zero-order valence-corrected chi connectivity index (χ0v) is 11.8. The van der Waals surface area contributed by atoms with Gasteiger partial charge in [0.25, 0.3) is 6.43 Å². The fraction of sp³-hybridized carbons (Fsp3) is 0.0588. The van der Waals surface area contributed by atoms with Crippen LogP contribution in [0.5, 0.6) is 11.5 Å². The standard InChI is InChI=1S/C17H12F2N2O2/c18-17(19)16-15(11-3-7-13(23)8-4-11)20-9-14(21-16)10-1-5-12(22)6-2-10/h1-9,17,22-23H.